The molecule has 0 aliphatic heterocycles. The van der Waals surface area contributed by atoms with Gasteiger partial charge in [-0.1, -0.05) is 0 Å². The zero-order valence-corrected chi connectivity index (χ0v) is 6.79. The highest BCUT2D eigenvalue weighted by Gasteiger charge is 2.35. The van der Waals surface area contributed by atoms with Crippen LogP contribution in [0, 0.1) is 5.92 Å². The van der Waals surface area contributed by atoms with E-state index in [0.717, 1.165) is 19.3 Å². The molecular formula is C8H17NO2. The van der Waals surface area contributed by atoms with Gasteiger partial charge in [-0.25, -0.2) is 0 Å². The maximum absolute atomic E-state index is 9.78. The van der Waals surface area contributed by atoms with Crippen LogP contribution in [0.2, 0.25) is 0 Å². The van der Waals surface area contributed by atoms with E-state index < -0.39 is 5.60 Å². The molecule has 0 bridgehead atoms. The molecular weight excluding hydrogens is 142 g/mol. The average molecular weight is 159 g/mol. The molecule has 0 spiro atoms. The number of aliphatic hydroxyl groups is 2. The predicted molar refractivity (Wildman–Crippen MR) is 43.0 cm³/mol. The third kappa shape index (κ3) is 2.15. The summed E-state index contributed by atoms with van der Waals surface area (Å²) in [5.41, 5.74) is 4.87. The Morgan fingerprint density at radius 3 is 2.73 bits per heavy atom. The van der Waals surface area contributed by atoms with Crippen LogP contribution in [0.1, 0.15) is 25.7 Å². The van der Waals surface area contributed by atoms with Gasteiger partial charge in [-0.3, -0.25) is 0 Å². The molecule has 1 rings (SSSR count). The van der Waals surface area contributed by atoms with Crippen molar-refractivity contribution in [2.75, 3.05) is 13.2 Å². The second-order valence-electron chi connectivity index (χ2n) is 3.54. The summed E-state index contributed by atoms with van der Waals surface area (Å²) < 4.78 is 0. The Morgan fingerprint density at radius 1 is 1.55 bits per heavy atom. The predicted octanol–water partition coefficient (Wildman–Crippen LogP) is -0.141. The summed E-state index contributed by atoms with van der Waals surface area (Å²) in [6.45, 7) is 0.738. The number of aliphatic hydroxyl groups excluding tert-OH is 1. The first-order chi connectivity index (χ1) is 5.20. The van der Waals surface area contributed by atoms with Crippen LogP contribution in [-0.2, 0) is 0 Å². The van der Waals surface area contributed by atoms with Crippen LogP contribution >= 0.6 is 0 Å². The lowest BCUT2D eigenvalue weighted by molar-refractivity contribution is 0.0191. The van der Waals surface area contributed by atoms with Crippen LogP contribution < -0.4 is 5.73 Å². The van der Waals surface area contributed by atoms with E-state index in [1.54, 1.807) is 0 Å². The van der Waals surface area contributed by atoms with Crippen LogP contribution in [0.15, 0.2) is 0 Å². The minimum absolute atomic E-state index is 0.0772. The number of hydrogen-bond acceptors (Lipinski definition) is 3. The maximum atomic E-state index is 9.78. The van der Waals surface area contributed by atoms with Crippen molar-refractivity contribution in [1.82, 2.24) is 0 Å². The van der Waals surface area contributed by atoms with Gasteiger partial charge in [0.15, 0.2) is 0 Å². The van der Waals surface area contributed by atoms with Crippen molar-refractivity contribution in [2.45, 2.75) is 31.3 Å². The number of hydrogen-bond donors (Lipinski definition) is 3. The summed E-state index contributed by atoms with van der Waals surface area (Å²) >= 11 is 0. The minimum Gasteiger partial charge on any atom is -0.396 e. The molecule has 2 unspecified atom stereocenters. The molecule has 4 N–H and O–H groups in total. The summed E-state index contributed by atoms with van der Waals surface area (Å²) in [5.74, 6) is 0.464. The lowest BCUT2D eigenvalue weighted by Gasteiger charge is -2.21. The monoisotopic (exact) mass is 159 g/mol. The van der Waals surface area contributed by atoms with E-state index in [9.17, 15) is 5.11 Å². The van der Waals surface area contributed by atoms with Crippen LogP contribution in [0.25, 0.3) is 0 Å². The summed E-state index contributed by atoms with van der Waals surface area (Å²) in [4.78, 5) is 0. The van der Waals surface area contributed by atoms with Gasteiger partial charge in [0, 0.05) is 6.61 Å². The smallest absolute Gasteiger partial charge is 0.0672 e. The summed E-state index contributed by atoms with van der Waals surface area (Å²) in [6, 6.07) is 0. The summed E-state index contributed by atoms with van der Waals surface area (Å²) in [7, 11) is 0. The van der Waals surface area contributed by atoms with Gasteiger partial charge in [0.2, 0.25) is 0 Å². The third-order valence-electron chi connectivity index (χ3n) is 2.60. The molecule has 1 saturated carbocycles. The van der Waals surface area contributed by atoms with Gasteiger partial charge in [-0.2, -0.15) is 0 Å². The topological polar surface area (TPSA) is 66.5 Å². The van der Waals surface area contributed by atoms with E-state index in [0.29, 0.717) is 18.9 Å². The Morgan fingerprint density at radius 2 is 2.27 bits per heavy atom. The van der Waals surface area contributed by atoms with Gasteiger partial charge < -0.3 is 15.9 Å². The largest absolute Gasteiger partial charge is 0.396 e. The maximum Gasteiger partial charge on any atom is 0.0672 e. The zero-order chi connectivity index (χ0) is 8.32. The van der Waals surface area contributed by atoms with Gasteiger partial charge in [-0.05, 0) is 38.1 Å². The van der Waals surface area contributed by atoms with Crippen molar-refractivity contribution in [3.63, 3.8) is 0 Å². The van der Waals surface area contributed by atoms with Gasteiger partial charge in [0.1, 0.15) is 0 Å². The van der Waals surface area contributed by atoms with Gasteiger partial charge in [0.25, 0.3) is 0 Å². The summed E-state index contributed by atoms with van der Waals surface area (Å²) in [6.07, 6.45) is 3.08. The molecule has 0 aromatic rings. The highest BCUT2D eigenvalue weighted by molar-refractivity contribution is 4.89. The first kappa shape index (κ1) is 8.97. The Balaban J connectivity index is 2.37. The van der Waals surface area contributed by atoms with Gasteiger partial charge in [-0.15, -0.1) is 0 Å². The lowest BCUT2D eigenvalue weighted by Crippen LogP contribution is -2.27. The van der Waals surface area contributed by atoms with E-state index in [1.165, 1.54) is 0 Å². The fourth-order valence-electron chi connectivity index (χ4n) is 1.85. The van der Waals surface area contributed by atoms with Crippen LogP contribution in [-0.4, -0.2) is 29.0 Å². The van der Waals surface area contributed by atoms with Crippen LogP contribution in [0.4, 0.5) is 0 Å². The first-order valence-corrected chi connectivity index (χ1v) is 4.23. The second kappa shape index (κ2) is 3.52. The highest BCUT2D eigenvalue weighted by atomic mass is 16.3. The fourth-order valence-corrected chi connectivity index (χ4v) is 1.85. The minimum atomic E-state index is -0.612. The molecule has 0 aromatic carbocycles. The molecule has 3 heteroatoms. The van der Waals surface area contributed by atoms with Crippen molar-refractivity contribution in [1.29, 1.82) is 0 Å². The fraction of sp³-hybridized carbons (Fsp3) is 1.00. The highest BCUT2D eigenvalue weighted by Crippen LogP contribution is 2.35. The molecule has 3 nitrogen and oxygen atoms in total. The molecule has 1 fully saturated rings. The first-order valence-electron chi connectivity index (χ1n) is 4.23. The SMILES string of the molecule is NCC1CCC(O)(CCO)C1. The third-order valence-corrected chi connectivity index (χ3v) is 2.60. The molecule has 0 radical (unpaired) electrons. The Hall–Kier alpha value is -0.120. The Labute approximate surface area is 67.2 Å². The van der Waals surface area contributed by atoms with Crippen LogP contribution in [0.5, 0.6) is 0 Å². The summed E-state index contributed by atoms with van der Waals surface area (Å²) in [5, 5.41) is 18.4. The number of nitrogens with two attached hydrogens (primary N) is 1. The van der Waals surface area contributed by atoms with E-state index >= 15 is 0 Å². The molecule has 0 saturated heterocycles. The van der Waals surface area contributed by atoms with Crippen molar-refractivity contribution in [3.8, 4) is 0 Å². The molecule has 0 heterocycles. The quantitative estimate of drug-likeness (QED) is 0.537. The molecule has 0 amide bonds. The normalized spacial score (nSPS) is 37.9. The standard InChI is InChI=1S/C8H17NO2/c9-6-7-1-2-8(11,5-7)3-4-10/h7,10-11H,1-6,9H2. The van der Waals surface area contributed by atoms with Crippen molar-refractivity contribution >= 4 is 0 Å². The van der Waals surface area contributed by atoms with Crippen molar-refractivity contribution in [2.24, 2.45) is 11.7 Å². The van der Waals surface area contributed by atoms with Gasteiger partial charge in [0.05, 0.1) is 5.60 Å². The second-order valence-corrected chi connectivity index (χ2v) is 3.54. The molecule has 1 aliphatic carbocycles. The van der Waals surface area contributed by atoms with E-state index in [4.69, 9.17) is 10.8 Å². The van der Waals surface area contributed by atoms with E-state index in [-0.39, 0.29) is 6.61 Å². The number of rotatable bonds is 3. The molecule has 2 atom stereocenters. The lowest BCUT2D eigenvalue weighted by atomic mass is 9.97. The molecule has 11 heavy (non-hydrogen) atoms. The van der Waals surface area contributed by atoms with Crippen LogP contribution in [0.3, 0.4) is 0 Å². The average Bonchev–Trinajstić information content (AvgIpc) is 2.33. The molecule has 0 aromatic heterocycles. The van der Waals surface area contributed by atoms with Crippen molar-refractivity contribution < 1.29 is 10.2 Å². The Bertz CT molecular complexity index is 129. The molecule has 1 aliphatic rings. The van der Waals surface area contributed by atoms with E-state index in [1.807, 2.05) is 0 Å². The van der Waals surface area contributed by atoms with Crippen molar-refractivity contribution in [3.05, 3.63) is 0 Å². The zero-order valence-electron chi connectivity index (χ0n) is 6.79. The Kier molecular flexibility index (Phi) is 2.87. The van der Waals surface area contributed by atoms with Gasteiger partial charge >= 0.3 is 0 Å². The van der Waals surface area contributed by atoms with E-state index in [2.05, 4.69) is 0 Å². The molecule has 66 valence electrons.